The van der Waals surface area contributed by atoms with E-state index in [1.165, 1.54) is 14.2 Å². The van der Waals surface area contributed by atoms with Crippen molar-refractivity contribution in [3.05, 3.63) is 42.1 Å². The van der Waals surface area contributed by atoms with Gasteiger partial charge in [-0.15, -0.1) is 0 Å². The Bertz CT molecular complexity index is 824. The van der Waals surface area contributed by atoms with Gasteiger partial charge in [0.15, 0.2) is 0 Å². The second-order valence-corrected chi connectivity index (χ2v) is 7.63. The minimum Gasteiger partial charge on any atom is -0.444 e. The molecule has 8 nitrogen and oxygen atoms in total. The van der Waals surface area contributed by atoms with Gasteiger partial charge in [-0.3, -0.25) is 14.3 Å². The van der Waals surface area contributed by atoms with Crippen LogP contribution in [0, 0.1) is 0 Å². The number of carbonyl (C=O) groups is 2. The summed E-state index contributed by atoms with van der Waals surface area (Å²) in [6.45, 7) is 8.17. The first kappa shape index (κ1) is 22.4. The van der Waals surface area contributed by atoms with E-state index >= 15 is 0 Å². The van der Waals surface area contributed by atoms with Gasteiger partial charge in [0.2, 0.25) is 5.91 Å². The van der Waals surface area contributed by atoms with Gasteiger partial charge in [0.1, 0.15) is 5.60 Å². The van der Waals surface area contributed by atoms with Crippen LogP contribution in [0.5, 0.6) is 0 Å². The standard InChI is InChI=1S/C21H30N4O4/c1-7-25-18(12-13-22-25)16-10-8-15(9-11-16)17(14-19(26)24(5)28-6)23-20(27)29-21(2,3)4/h8-13,17H,7,14H2,1-6H3,(H,23,27)/t17-/m0/s1. The molecule has 2 aromatic rings. The molecular weight excluding hydrogens is 372 g/mol. The predicted molar refractivity (Wildman–Crippen MR) is 110 cm³/mol. The van der Waals surface area contributed by atoms with Gasteiger partial charge in [0.05, 0.1) is 25.3 Å². The zero-order valence-electron chi connectivity index (χ0n) is 17.9. The summed E-state index contributed by atoms with van der Waals surface area (Å²) in [5.74, 6) is -0.262. The predicted octanol–water partition coefficient (Wildman–Crippen LogP) is 3.55. The van der Waals surface area contributed by atoms with Crippen molar-refractivity contribution in [2.45, 2.75) is 52.3 Å². The quantitative estimate of drug-likeness (QED) is 0.716. The molecule has 1 heterocycles. The smallest absolute Gasteiger partial charge is 0.408 e. The number of hydrogen-bond acceptors (Lipinski definition) is 5. The topological polar surface area (TPSA) is 85.7 Å². The highest BCUT2D eigenvalue weighted by Crippen LogP contribution is 2.24. The lowest BCUT2D eigenvalue weighted by molar-refractivity contribution is -0.169. The number of rotatable bonds is 7. The Morgan fingerprint density at radius 3 is 2.41 bits per heavy atom. The van der Waals surface area contributed by atoms with Crippen LogP contribution in [0.25, 0.3) is 11.3 Å². The molecule has 0 saturated heterocycles. The summed E-state index contributed by atoms with van der Waals surface area (Å²) < 4.78 is 7.26. The number of nitrogens with zero attached hydrogens (tertiary/aromatic N) is 3. The van der Waals surface area contributed by atoms with Crippen molar-refractivity contribution >= 4 is 12.0 Å². The summed E-state index contributed by atoms with van der Waals surface area (Å²) >= 11 is 0. The van der Waals surface area contributed by atoms with E-state index in [1.54, 1.807) is 27.0 Å². The largest absolute Gasteiger partial charge is 0.444 e. The average molecular weight is 402 g/mol. The number of benzene rings is 1. The first-order chi connectivity index (χ1) is 13.6. The maximum absolute atomic E-state index is 12.4. The van der Waals surface area contributed by atoms with E-state index < -0.39 is 17.7 Å². The minimum atomic E-state index is -0.635. The number of carbonyl (C=O) groups excluding carboxylic acids is 2. The molecule has 0 radical (unpaired) electrons. The molecule has 0 spiro atoms. The van der Waals surface area contributed by atoms with Gasteiger partial charge >= 0.3 is 6.09 Å². The van der Waals surface area contributed by atoms with Gasteiger partial charge in [-0.25, -0.2) is 9.86 Å². The van der Waals surface area contributed by atoms with Crippen LogP contribution in [0.2, 0.25) is 0 Å². The van der Waals surface area contributed by atoms with Crippen molar-refractivity contribution in [3.63, 3.8) is 0 Å². The molecular formula is C21H30N4O4. The lowest BCUT2D eigenvalue weighted by Crippen LogP contribution is -2.37. The van der Waals surface area contributed by atoms with Gasteiger partial charge < -0.3 is 10.1 Å². The highest BCUT2D eigenvalue weighted by molar-refractivity contribution is 5.77. The fourth-order valence-electron chi connectivity index (χ4n) is 2.82. The maximum atomic E-state index is 12.4. The third kappa shape index (κ3) is 6.32. The Labute approximate surface area is 171 Å². The minimum absolute atomic E-state index is 0.0375. The fraction of sp³-hybridized carbons (Fsp3) is 0.476. The molecule has 1 aromatic heterocycles. The third-order valence-electron chi connectivity index (χ3n) is 4.32. The molecule has 1 atom stereocenters. The number of aromatic nitrogens is 2. The van der Waals surface area contributed by atoms with Gasteiger partial charge in [0, 0.05) is 19.8 Å². The second-order valence-electron chi connectivity index (χ2n) is 7.63. The number of alkyl carbamates (subject to hydrolysis) is 1. The van der Waals surface area contributed by atoms with Crippen LogP contribution >= 0.6 is 0 Å². The monoisotopic (exact) mass is 402 g/mol. The van der Waals surface area contributed by atoms with Crippen LogP contribution in [0.15, 0.2) is 36.5 Å². The number of hydroxylamine groups is 2. The number of nitrogens with one attached hydrogen (secondary N) is 1. The van der Waals surface area contributed by atoms with E-state index in [2.05, 4.69) is 10.4 Å². The van der Waals surface area contributed by atoms with Crippen molar-refractivity contribution in [1.82, 2.24) is 20.2 Å². The van der Waals surface area contributed by atoms with Crippen LogP contribution in [-0.4, -0.2) is 46.6 Å². The lowest BCUT2D eigenvalue weighted by atomic mass is 10.0. The molecule has 0 fully saturated rings. The molecule has 0 saturated carbocycles. The second kappa shape index (κ2) is 9.56. The fourth-order valence-corrected chi connectivity index (χ4v) is 2.82. The van der Waals surface area contributed by atoms with E-state index in [1.807, 2.05) is 41.9 Å². The molecule has 2 rings (SSSR count). The summed E-state index contributed by atoms with van der Waals surface area (Å²) in [7, 11) is 2.95. The molecule has 158 valence electrons. The van der Waals surface area contributed by atoms with Crippen molar-refractivity contribution in [3.8, 4) is 11.3 Å². The molecule has 0 aliphatic rings. The van der Waals surface area contributed by atoms with Gasteiger partial charge in [-0.05, 0) is 44.9 Å². The zero-order chi connectivity index (χ0) is 21.6. The number of aryl methyl sites for hydroxylation is 1. The first-order valence-corrected chi connectivity index (χ1v) is 9.57. The highest BCUT2D eigenvalue weighted by Gasteiger charge is 2.24. The molecule has 8 heteroatoms. The summed E-state index contributed by atoms with van der Waals surface area (Å²) in [6.07, 6.45) is 1.22. The van der Waals surface area contributed by atoms with Gasteiger partial charge in [-0.2, -0.15) is 5.10 Å². The molecule has 1 N–H and O–H groups in total. The Balaban J connectivity index is 2.24. The Kier molecular flexibility index (Phi) is 7.39. The van der Waals surface area contributed by atoms with Crippen molar-refractivity contribution < 1.29 is 19.2 Å². The molecule has 29 heavy (non-hydrogen) atoms. The third-order valence-corrected chi connectivity index (χ3v) is 4.32. The van der Waals surface area contributed by atoms with Crippen LogP contribution < -0.4 is 5.32 Å². The zero-order valence-corrected chi connectivity index (χ0v) is 17.9. The molecule has 2 amide bonds. The average Bonchev–Trinajstić information content (AvgIpc) is 3.14. The SMILES string of the molecule is CCn1nccc1-c1ccc([C@H](CC(=O)N(C)OC)NC(=O)OC(C)(C)C)cc1. The highest BCUT2D eigenvalue weighted by atomic mass is 16.7. The van der Waals surface area contributed by atoms with Crippen LogP contribution in [0.3, 0.4) is 0 Å². The summed E-state index contributed by atoms with van der Waals surface area (Å²) in [5, 5.41) is 8.22. The van der Waals surface area contributed by atoms with E-state index in [0.29, 0.717) is 0 Å². The van der Waals surface area contributed by atoms with Crippen LogP contribution in [0.1, 0.15) is 45.7 Å². The van der Waals surface area contributed by atoms with Crippen LogP contribution in [0.4, 0.5) is 4.79 Å². The van der Waals surface area contributed by atoms with Crippen molar-refractivity contribution in [2.75, 3.05) is 14.2 Å². The Morgan fingerprint density at radius 1 is 1.21 bits per heavy atom. The molecule has 0 bridgehead atoms. The van der Waals surface area contributed by atoms with Crippen molar-refractivity contribution in [1.29, 1.82) is 0 Å². The Morgan fingerprint density at radius 2 is 1.86 bits per heavy atom. The van der Waals surface area contributed by atoms with Crippen molar-refractivity contribution in [2.24, 2.45) is 0 Å². The van der Waals surface area contributed by atoms with E-state index in [9.17, 15) is 9.59 Å². The molecule has 0 unspecified atom stereocenters. The number of amides is 2. The Hall–Kier alpha value is -2.87. The maximum Gasteiger partial charge on any atom is 0.408 e. The normalized spacial score (nSPS) is 12.3. The first-order valence-electron chi connectivity index (χ1n) is 9.57. The number of hydrogen-bond donors (Lipinski definition) is 1. The van der Waals surface area contributed by atoms with E-state index in [0.717, 1.165) is 28.4 Å². The molecule has 0 aliphatic carbocycles. The summed E-state index contributed by atoms with van der Waals surface area (Å²) in [4.78, 5) is 29.6. The summed E-state index contributed by atoms with van der Waals surface area (Å²) in [5.41, 5.74) is 2.17. The number of ether oxygens (including phenoxy) is 1. The van der Waals surface area contributed by atoms with Gasteiger partial charge in [0.25, 0.3) is 0 Å². The molecule has 1 aromatic carbocycles. The van der Waals surface area contributed by atoms with E-state index in [4.69, 9.17) is 9.57 Å². The molecule has 0 aliphatic heterocycles. The lowest BCUT2D eigenvalue weighted by Gasteiger charge is -2.25. The summed E-state index contributed by atoms with van der Waals surface area (Å²) in [6, 6.07) is 9.08. The van der Waals surface area contributed by atoms with Gasteiger partial charge in [-0.1, -0.05) is 24.3 Å². The van der Waals surface area contributed by atoms with Crippen LogP contribution in [-0.2, 0) is 20.9 Å². The van der Waals surface area contributed by atoms with E-state index in [-0.39, 0.29) is 12.3 Å².